The molecule has 2 N–H and O–H groups in total. The van der Waals surface area contributed by atoms with Crippen molar-refractivity contribution in [2.45, 2.75) is 19.8 Å². The lowest BCUT2D eigenvalue weighted by molar-refractivity contribution is 0.840. The number of hydrogen-bond acceptors (Lipinski definition) is 2. The number of nitrogens with one attached hydrogen (secondary N) is 2. The van der Waals surface area contributed by atoms with Crippen molar-refractivity contribution in [3.05, 3.63) is 31.0 Å². The molecule has 0 radical (unpaired) electrons. The van der Waals surface area contributed by atoms with Gasteiger partial charge in [0, 0.05) is 5.69 Å². The van der Waals surface area contributed by atoms with Crippen LogP contribution in [0.5, 0.6) is 0 Å². The van der Waals surface area contributed by atoms with E-state index in [1.807, 2.05) is 6.92 Å². The molecule has 0 bridgehead atoms. The first-order valence-corrected chi connectivity index (χ1v) is 4.45. The molecule has 1 rings (SSSR count). The number of rotatable bonds is 2. The SMILES string of the molecule is CCCc1[nH]c(=O)[nH]c(=O)c1Br. The Labute approximate surface area is 77.2 Å². The molecule has 0 saturated carbocycles. The van der Waals surface area contributed by atoms with Crippen molar-refractivity contribution in [2.24, 2.45) is 0 Å². The summed E-state index contributed by atoms with van der Waals surface area (Å²) in [5.74, 6) is 0. The van der Waals surface area contributed by atoms with E-state index < -0.39 is 5.69 Å². The van der Waals surface area contributed by atoms with Crippen LogP contribution in [0.1, 0.15) is 19.0 Å². The van der Waals surface area contributed by atoms with Crippen LogP contribution < -0.4 is 11.2 Å². The van der Waals surface area contributed by atoms with Crippen LogP contribution in [0, 0.1) is 0 Å². The molecule has 0 aliphatic heterocycles. The van der Waals surface area contributed by atoms with Gasteiger partial charge in [-0.05, 0) is 22.4 Å². The maximum atomic E-state index is 11.0. The molecule has 1 aromatic heterocycles. The van der Waals surface area contributed by atoms with Gasteiger partial charge in [-0.2, -0.15) is 0 Å². The molecule has 0 atom stereocenters. The normalized spacial score (nSPS) is 10.2. The molecule has 0 fully saturated rings. The van der Waals surface area contributed by atoms with Crippen LogP contribution in [0.3, 0.4) is 0 Å². The molecular weight excluding hydrogens is 224 g/mol. The first kappa shape index (κ1) is 9.25. The van der Waals surface area contributed by atoms with Crippen LogP contribution in [-0.4, -0.2) is 9.97 Å². The topological polar surface area (TPSA) is 65.7 Å². The second-order valence-corrected chi connectivity index (χ2v) is 3.24. The van der Waals surface area contributed by atoms with Gasteiger partial charge in [-0.1, -0.05) is 13.3 Å². The maximum Gasteiger partial charge on any atom is 0.325 e. The summed E-state index contributed by atoms with van der Waals surface area (Å²) in [6.45, 7) is 1.98. The zero-order valence-corrected chi connectivity index (χ0v) is 8.19. The van der Waals surface area contributed by atoms with Gasteiger partial charge in [-0.3, -0.25) is 9.78 Å². The summed E-state index contributed by atoms with van der Waals surface area (Å²) in [5.41, 5.74) is -0.167. The molecule has 12 heavy (non-hydrogen) atoms. The number of hydrogen-bond donors (Lipinski definition) is 2. The number of aromatic nitrogens is 2. The summed E-state index contributed by atoms with van der Waals surface area (Å²) < 4.78 is 0.420. The highest BCUT2D eigenvalue weighted by Crippen LogP contribution is 2.07. The Bertz CT molecular complexity index is 380. The van der Waals surface area contributed by atoms with E-state index in [0.29, 0.717) is 16.6 Å². The largest absolute Gasteiger partial charge is 0.325 e. The van der Waals surface area contributed by atoms with Crippen molar-refractivity contribution in [1.82, 2.24) is 9.97 Å². The van der Waals surface area contributed by atoms with E-state index in [2.05, 4.69) is 25.9 Å². The van der Waals surface area contributed by atoms with E-state index in [9.17, 15) is 9.59 Å². The molecule has 1 aromatic rings. The van der Waals surface area contributed by atoms with Crippen molar-refractivity contribution in [3.63, 3.8) is 0 Å². The fraction of sp³-hybridized carbons (Fsp3) is 0.429. The lowest BCUT2D eigenvalue weighted by Gasteiger charge is -1.99. The summed E-state index contributed by atoms with van der Waals surface area (Å²) in [6.07, 6.45) is 1.58. The third-order valence-electron chi connectivity index (χ3n) is 1.46. The van der Waals surface area contributed by atoms with Gasteiger partial charge in [-0.25, -0.2) is 4.79 Å². The van der Waals surface area contributed by atoms with Crippen LogP contribution in [0.15, 0.2) is 14.1 Å². The molecule has 5 heteroatoms. The van der Waals surface area contributed by atoms with Gasteiger partial charge in [0.2, 0.25) is 0 Å². The monoisotopic (exact) mass is 232 g/mol. The Morgan fingerprint density at radius 2 is 2.00 bits per heavy atom. The lowest BCUT2D eigenvalue weighted by Crippen LogP contribution is -2.24. The summed E-state index contributed by atoms with van der Waals surface area (Å²) in [5, 5.41) is 0. The Hall–Kier alpha value is -0.840. The minimum absolute atomic E-state index is 0.373. The van der Waals surface area contributed by atoms with Crippen molar-refractivity contribution in [3.8, 4) is 0 Å². The van der Waals surface area contributed by atoms with E-state index in [-0.39, 0.29) is 5.56 Å². The standard InChI is InChI=1S/C7H9BrN2O2/c1-2-3-4-5(8)6(11)10-7(12)9-4/h2-3H2,1H3,(H2,9,10,11,12). The summed E-state index contributed by atoms with van der Waals surface area (Å²) in [6, 6.07) is 0. The maximum absolute atomic E-state index is 11.0. The van der Waals surface area contributed by atoms with Crippen molar-refractivity contribution in [1.29, 1.82) is 0 Å². The minimum atomic E-state index is -0.452. The van der Waals surface area contributed by atoms with Gasteiger partial charge >= 0.3 is 5.69 Å². The van der Waals surface area contributed by atoms with Gasteiger partial charge in [0.15, 0.2) is 0 Å². The molecule has 0 aromatic carbocycles. The summed E-state index contributed by atoms with van der Waals surface area (Å²) in [4.78, 5) is 26.5. The molecule has 0 aliphatic carbocycles. The predicted octanol–water partition coefficient (Wildman–Crippen LogP) is 0.778. The van der Waals surface area contributed by atoms with Crippen LogP contribution in [0.25, 0.3) is 0 Å². The first-order chi connectivity index (χ1) is 5.65. The smallest absolute Gasteiger partial charge is 0.310 e. The summed E-state index contributed by atoms with van der Waals surface area (Å²) >= 11 is 3.10. The molecule has 0 saturated heterocycles. The van der Waals surface area contributed by atoms with Crippen LogP contribution in [0.4, 0.5) is 0 Å². The van der Waals surface area contributed by atoms with Gasteiger partial charge in [0.1, 0.15) is 4.47 Å². The molecular formula is C7H9BrN2O2. The second kappa shape index (κ2) is 3.71. The Morgan fingerprint density at radius 1 is 1.33 bits per heavy atom. The van der Waals surface area contributed by atoms with Crippen molar-refractivity contribution in [2.75, 3.05) is 0 Å². The third kappa shape index (κ3) is 1.85. The van der Waals surface area contributed by atoms with E-state index >= 15 is 0 Å². The molecule has 0 amide bonds. The van der Waals surface area contributed by atoms with E-state index in [0.717, 1.165) is 6.42 Å². The summed E-state index contributed by atoms with van der Waals surface area (Å²) in [7, 11) is 0. The Balaban J connectivity index is 3.28. The number of aromatic amines is 2. The average molecular weight is 233 g/mol. The molecule has 66 valence electrons. The van der Waals surface area contributed by atoms with Gasteiger partial charge in [0.25, 0.3) is 5.56 Å². The fourth-order valence-corrected chi connectivity index (χ4v) is 1.34. The highest BCUT2D eigenvalue weighted by Gasteiger charge is 2.03. The van der Waals surface area contributed by atoms with Crippen molar-refractivity contribution >= 4 is 15.9 Å². The van der Waals surface area contributed by atoms with E-state index in [4.69, 9.17) is 0 Å². The molecule has 0 unspecified atom stereocenters. The van der Waals surface area contributed by atoms with Crippen LogP contribution in [-0.2, 0) is 6.42 Å². The molecule has 0 spiro atoms. The van der Waals surface area contributed by atoms with Crippen molar-refractivity contribution < 1.29 is 0 Å². The predicted molar refractivity (Wildman–Crippen MR) is 49.4 cm³/mol. The van der Waals surface area contributed by atoms with Gasteiger partial charge in [-0.15, -0.1) is 0 Å². The lowest BCUT2D eigenvalue weighted by atomic mass is 10.2. The van der Waals surface area contributed by atoms with Crippen LogP contribution in [0.2, 0.25) is 0 Å². The number of halogens is 1. The van der Waals surface area contributed by atoms with Crippen LogP contribution >= 0.6 is 15.9 Å². The molecule has 0 aliphatic rings. The first-order valence-electron chi connectivity index (χ1n) is 3.66. The van der Waals surface area contributed by atoms with E-state index in [1.54, 1.807) is 0 Å². The number of H-pyrrole nitrogens is 2. The highest BCUT2D eigenvalue weighted by atomic mass is 79.9. The molecule has 1 heterocycles. The molecule has 4 nitrogen and oxygen atoms in total. The minimum Gasteiger partial charge on any atom is -0.310 e. The zero-order chi connectivity index (χ0) is 9.14. The number of aryl methyl sites for hydroxylation is 1. The zero-order valence-electron chi connectivity index (χ0n) is 6.61. The van der Waals surface area contributed by atoms with Gasteiger partial charge in [0.05, 0.1) is 0 Å². The van der Waals surface area contributed by atoms with E-state index in [1.165, 1.54) is 0 Å². The average Bonchev–Trinajstić information content (AvgIpc) is 2.00. The third-order valence-corrected chi connectivity index (χ3v) is 2.29. The quantitative estimate of drug-likeness (QED) is 0.792. The fourth-order valence-electron chi connectivity index (χ4n) is 0.940. The highest BCUT2D eigenvalue weighted by molar-refractivity contribution is 9.10. The Morgan fingerprint density at radius 3 is 2.58 bits per heavy atom. The van der Waals surface area contributed by atoms with Gasteiger partial charge < -0.3 is 4.98 Å². The Kier molecular flexibility index (Phi) is 2.86. The second-order valence-electron chi connectivity index (χ2n) is 2.45.